The molecule has 1 heterocycles. The summed E-state index contributed by atoms with van der Waals surface area (Å²) < 4.78 is 13.3. The van der Waals surface area contributed by atoms with E-state index in [0.717, 1.165) is 25.5 Å². The number of anilines is 1. The molecule has 0 atom stereocenters. The number of nitrogens with one attached hydrogen (secondary N) is 1. The molecule has 6 heteroatoms. The van der Waals surface area contributed by atoms with Crippen LogP contribution in [-0.2, 0) is 0 Å². The van der Waals surface area contributed by atoms with Gasteiger partial charge in [0.05, 0.1) is 6.20 Å². The highest BCUT2D eigenvalue weighted by Crippen LogP contribution is 2.48. The third-order valence-corrected chi connectivity index (χ3v) is 3.13. The van der Waals surface area contributed by atoms with Gasteiger partial charge in [0.15, 0.2) is 11.6 Å². The van der Waals surface area contributed by atoms with Crippen molar-refractivity contribution >= 4 is 17.4 Å². The summed E-state index contributed by atoms with van der Waals surface area (Å²) in [5, 5.41) is 11.8. The minimum Gasteiger partial charge on any atom is -0.396 e. The van der Waals surface area contributed by atoms with E-state index in [9.17, 15) is 4.39 Å². The summed E-state index contributed by atoms with van der Waals surface area (Å²) in [5.74, 6) is -0.381. The summed E-state index contributed by atoms with van der Waals surface area (Å²) in [7, 11) is 0. The number of aliphatic hydroxyl groups excluding tert-OH is 1. The van der Waals surface area contributed by atoms with Gasteiger partial charge in [0.1, 0.15) is 0 Å². The fourth-order valence-corrected chi connectivity index (χ4v) is 1.80. The van der Waals surface area contributed by atoms with Crippen molar-refractivity contribution in [1.82, 2.24) is 9.97 Å². The molecule has 88 valence electrons. The number of aromatic nitrogens is 2. The van der Waals surface area contributed by atoms with Crippen molar-refractivity contribution in [2.75, 3.05) is 18.5 Å². The summed E-state index contributed by atoms with van der Waals surface area (Å²) in [6.45, 7) is 0.770. The molecule has 1 aliphatic rings. The van der Waals surface area contributed by atoms with Gasteiger partial charge < -0.3 is 10.4 Å². The predicted octanol–water partition coefficient (Wildman–Crippen LogP) is 1.84. The number of rotatable bonds is 5. The molecule has 4 nitrogen and oxygen atoms in total. The Balaban J connectivity index is 1.97. The third kappa shape index (κ3) is 2.59. The van der Waals surface area contributed by atoms with E-state index in [4.69, 9.17) is 16.7 Å². The molecule has 0 amide bonds. The van der Waals surface area contributed by atoms with Gasteiger partial charge in [-0.2, -0.15) is 4.98 Å². The molecule has 1 saturated carbocycles. The molecule has 1 aromatic heterocycles. The molecule has 0 bridgehead atoms. The van der Waals surface area contributed by atoms with Crippen LogP contribution in [0.25, 0.3) is 0 Å². The molecule has 0 unspecified atom stereocenters. The van der Waals surface area contributed by atoms with Crippen molar-refractivity contribution in [1.29, 1.82) is 0 Å². The summed E-state index contributed by atoms with van der Waals surface area (Å²) in [5.41, 5.74) is 0.110. The largest absolute Gasteiger partial charge is 0.396 e. The van der Waals surface area contributed by atoms with Crippen LogP contribution >= 0.6 is 11.6 Å². The minimum absolute atomic E-state index is 0.0240. The Labute approximate surface area is 97.9 Å². The van der Waals surface area contributed by atoms with E-state index in [0.29, 0.717) is 6.54 Å². The Morgan fingerprint density at radius 3 is 2.94 bits per heavy atom. The quantitative estimate of drug-likeness (QED) is 0.778. The first-order chi connectivity index (χ1) is 7.65. The summed E-state index contributed by atoms with van der Waals surface area (Å²) in [4.78, 5) is 7.30. The lowest BCUT2D eigenvalue weighted by Gasteiger charge is -2.15. The van der Waals surface area contributed by atoms with Crippen molar-refractivity contribution in [2.24, 2.45) is 5.41 Å². The van der Waals surface area contributed by atoms with Gasteiger partial charge in [-0.3, -0.25) is 0 Å². The average molecular weight is 246 g/mol. The summed E-state index contributed by atoms with van der Waals surface area (Å²) in [6, 6.07) is 0. The van der Waals surface area contributed by atoms with Crippen LogP contribution in [0.5, 0.6) is 0 Å². The molecule has 0 aromatic carbocycles. The lowest BCUT2D eigenvalue weighted by Crippen LogP contribution is -2.18. The van der Waals surface area contributed by atoms with E-state index in [1.165, 1.54) is 0 Å². The number of aliphatic hydroxyl groups is 1. The normalized spacial score (nSPS) is 17.2. The number of hydrogen-bond donors (Lipinski definition) is 2. The van der Waals surface area contributed by atoms with Crippen molar-refractivity contribution in [3.63, 3.8) is 0 Å². The van der Waals surface area contributed by atoms with Crippen molar-refractivity contribution in [3.8, 4) is 0 Å². The Kier molecular flexibility index (Phi) is 3.25. The lowest BCUT2D eigenvalue weighted by atomic mass is 10.0. The standard InChI is InChI=1S/C10H13ClFN3O/c11-9-13-5-7(12)8(15-9)14-6-10(1-2-10)3-4-16/h5,16H,1-4,6H2,(H,13,14,15). The fraction of sp³-hybridized carbons (Fsp3) is 0.600. The van der Waals surface area contributed by atoms with Gasteiger partial charge in [0, 0.05) is 13.2 Å². The van der Waals surface area contributed by atoms with Crippen molar-refractivity contribution in [2.45, 2.75) is 19.3 Å². The molecule has 0 saturated heterocycles. The van der Waals surface area contributed by atoms with Crippen LogP contribution in [0.15, 0.2) is 6.20 Å². The summed E-state index contributed by atoms with van der Waals surface area (Å²) >= 11 is 5.57. The highest BCUT2D eigenvalue weighted by atomic mass is 35.5. The maximum absolute atomic E-state index is 13.3. The number of halogens is 2. The SMILES string of the molecule is OCCC1(CNc2nc(Cl)ncc2F)CC1. The third-order valence-electron chi connectivity index (χ3n) is 2.94. The topological polar surface area (TPSA) is 58.0 Å². The maximum Gasteiger partial charge on any atom is 0.224 e. The van der Waals surface area contributed by atoms with Gasteiger partial charge in [0.2, 0.25) is 5.28 Å². The Morgan fingerprint density at radius 2 is 2.31 bits per heavy atom. The molecule has 0 radical (unpaired) electrons. The van der Waals surface area contributed by atoms with Gasteiger partial charge in [0.25, 0.3) is 0 Å². The van der Waals surface area contributed by atoms with Crippen LogP contribution < -0.4 is 5.32 Å². The van der Waals surface area contributed by atoms with E-state index in [1.54, 1.807) is 0 Å². The zero-order valence-electron chi connectivity index (χ0n) is 8.71. The van der Waals surface area contributed by atoms with Gasteiger partial charge in [-0.1, -0.05) is 0 Å². The molecule has 16 heavy (non-hydrogen) atoms. The second kappa shape index (κ2) is 4.51. The Hall–Kier alpha value is -0.940. The zero-order valence-corrected chi connectivity index (χ0v) is 9.47. The first-order valence-electron chi connectivity index (χ1n) is 5.18. The van der Waals surface area contributed by atoms with E-state index >= 15 is 0 Å². The molecular weight excluding hydrogens is 233 g/mol. The summed E-state index contributed by atoms with van der Waals surface area (Å²) in [6.07, 6.45) is 3.89. The van der Waals surface area contributed by atoms with E-state index in [1.807, 2.05) is 0 Å². The van der Waals surface area contributed by atoms with Gasteiger partial charge >= 0.3 is 0 Å². The lowest BCUT2D eigenvalue weighted by molar-refractivity contribution is 0.253. The van der Waals surface area contributed by atoms with E-state index in [2.05, 4.69) is 15.3 Å². The molecule has 2 N–H and O–H groups in total. The smallest absolute Gasteiger partial charge is 0.224 e. The molecule has 2 rings (SSSR count). The van der Waals surface area contributed by atoms with Crippen LogP contribution in [0.3, 0.4) is 0 Å². The molecule has 1 fully saturated rings. The zero-order chi connectivity index (χ0) is 11.6. The van der Waals surface area contributed by atoms with Gasteiger partial charge in [-0.25, -0.2) is 9.37 Å². The van der Waals surface area contributed by atoms with Crippen LogP contribution in [0, 0.1) is 11.2 Å². The van der Waals surface area contributed by atoms with Gasteiger partial charge in [-0.05, 0) is 36.3 Å². The van der Waals surface area contributed by atoms with E-state index in [-0.39, 0.29) is 23.1 Å². The first-order valence-corrected chi connectivity index (χ1v) is 5.56. The Bertz CT molecular complexity index is 384. The molecule has 1 aromatic rings. The van der Waals surface area contributed by atoms with Crippen LogP contribution in [0.1, 0.15) is 19.3 Å². The van der Waals surface area contributed by atoms with Crippen molar-refractivity contribution in [3.05, 3.63) is 17.3 Å². The van der Waals surface area contributed by atoms with Gasteiger partial charge in [-0.15, -0.1) is 0 Å². The second-order valence-electron chi connectivity index (χ2n) is 4.16. The first kappa shape index (κ1) is 11.5. The highest BCUT2D eigenvalue weighted by molar-refractivity contribution is 6.28. The Morgan fingerprint density at radius 1 is 1.56 bits per heavy atom. The maximum atomic E-state index is 13.3. The molecule has 0 spiro atoms. The van der Waals surface area contributed by atoms with Crippen molar-refractivity contribution < 1.29 is 9.50 Å². The number of nitrogens with zero attached hydrogens (tertiary/aromatic N) is 2. The predicted molar refractivity (Wildman–Crippen MR) is 58.9 cm³/mol. The van der Waals surface area contributed by atoms with Crippen LogP contribution in [0.2, 0.25) is 5.28 Å². The molecule has 0 aliphatic heterocycles. The monoisotopic (exact) mass is 245 g/mol. The second-order valence-corrected chi connectivity index (χ2v) is 4.50. The number of hydrogen-bond acceptors (Lipinski definition) is 4. The highest BCUT2D eigenvalue weighted by Gasteiger charge is 2.41. The minimum atomic E-state index is -0.510. The average Bonchev–Trinajstić information content (AvgIpc) is 3.01. The molecular formula is C10H13ClFN3O. The van der Waals surface area contributed by atoms with Crippen LogP contribution in [-0.4, -0.2) is 28.2 Å². The van der Waals surface area contributed by atoms with Crippen LogP contribution in [0.4, 0.5) is 10.2 Å². The fourth-order valence-electron chi connectivity index (χ4n) is 1.67. The van der Waals surface area contributed by atoms with E-state index < -0.39 is 5.82 Å². The molecule has 1 aliphatic carbocycles.